The molecule has 0 aromatic rings. The summed E-state index contributed by atoms with van der Waals surface area (Å²) in [5.74, 6) is 0.332. The fourth-order valence-electron chi connectivity index (χ4n) is 2.62. The first kappa shape index (κ1) is 32.9. The Bertz CT molecular complexity index is 444. The van der Waals surface area contributed by atoms with Crippen LogP contribution >= 0.6 is 0 Å². The highest BCUT2D eigenvalue weighted by Gasteiger charge is 2.02. The van der Waals surface area contributed by atoms with Gasteiger partial charge in [0.2, 0.25) is 11.8 Å². The van der Waals surface area contributed by atoms with E-state index in [0.717, 1.165) is 71.6 Å². The van der Waals surface area contributed by atoms with Crippen LogP contribution in [-0.2, 0) is 9.59 Å². The van der Waals surface area contributed by atoms with Gasteiger partial charge >= 0.3 is 0 Å². The first-order valence-corrected chi connectivity index (χ1v) is 11.9. The van der Waals surface area contributed by atoms with Gasteiger partial charge in [0.1, 0.15) is 0 Å². The molecule has 0 aromatic heterocycles. The summed E-state index contributed by atoms with van der Waals surface area (Å²) in [6.07, 6.45) is 4.43. The fourth-order valence-corrected chi connectivity index (χ4v) is 2.62. The Morgan fingerprint density at radius 3 is 1.38 bits per heavy atom. The van der Waals surface area contributed by atoms with Gasteiger partial charge in [-0.3, -0.25) is 9.59 Å². The smallest absolute Gasteiger partial charge is 0.223 e. The number of amides is 2. The van der Waals surface area contributed by atoms with Crippen LogP contribution in [-0.4, -0.2) is 140 Å². The second-order valence-electron chi connectivity index (χ2n) is 9.11. The highest BCUT2D eigenvalue weighted by atomic mass is 16.2. The van der Waals surface area contributed by atoms with Crippen molar-refractivity contribution < 1.29 is 9.59 Å². The van der Waals surface area contributed by atoms with Crippen molar-refractivity contribution >= 4 is 11.8 Å². The Balaban J connectivity index is 0. The summed E-state index contributed by atoms with van der Waals surface area (Å²) in [6.45, 7) is 7.49. The van der Waals surface area contributed by atoms with Crippen molar-refractivity contribution in [3.8, 4) is 0 Å². The van der Waals surface area contributed by atoms with E-state index in [1.165, 1.54) is 0 Å². The maximum atomic E-state index is 11.5. The molecule has 192 valence electrons. The van der Waals surface area contributed by atoms with Crippen LogP contribution in [0, 0.1) is 0 Å². The second kappa shape index (κ2) is 22.9. The third-order valence-corrected chi connectivity index (χ3v) is 4.57. The van der Waals surface area contributed by atoms with E-state index in [1.54, 1.807) is 19.0 Å². The van der Waals surface area contributed by atoms with Gasteiger partial charge in [0.05, 0.1) is 0 Å². The number of rotatable bonds is 18. The minimum Gasteiger partial charge on any atom is -0.356 e. The van der Waals surface area contributed by atoms with Crippen LogP contribution in [0.4, 0.5) is 0 Å². The summed E-state index contributed by atoms with van der Waals surface area (Å²) >= 11 is 0. The van der Waals surface area contributed by atoms with Crippen LogP contribution in [0.5, 0.6) is 0 Å². The van der Waals surface area contributed by atoms with E-state index in [1.807, 2.05) is 14.1 Å². The predicted molar refractivity (Wildman–Crippen MR) is 136 cm³/mol. The summed E-state index contributed by atoms with van der Waals surface area (Å²) in [5.41, 5.74) is 0. The molecule has 0 aromatic carbocycles. The van der Waals surface area contributed by atoms with Crippen molar-refractivity contribution in [3.05, 3.63) is 0 Å². The van der Waals surface area contributed by atoms with Gasteiger partial charge < -0.3 is 35.6 Å². The average Bonchev–Trinajstić information content (AvgIpc) is 2.70. The fraction of sp³-hybridized carbons (Fsp3) is 0.913. The van der Waals surface area contributed by atoms with E-state index in [4.69, 9.17) is 0 Å². The third kappa shape index (κ3) is 28.7. The Labute approximate surface area is 198 Å². The van der Waals surface area contributed by atoms with Crippen LogP contribution < -0.4 is 16.0 Å². The summed E-state index contributed by atoms with van der Waals surface area (Å²) in [4.78, 5) is 30.7. The van der Waals surface area contributed by atoms with Crippen LogP contribution in [0.25, 0.3) is 0 Å². The zero-order valence-electron chi connectivity index (χ0n) is 22.3. The van der Waals surface area contributed by atoms with Gasteiger partial charge in [0.25, 0.3) is 0 Å². The Morgan fingerprint density at radius 2 is 0.969 bits per heavy atom. The number of nitrogens with one attached hydrogen (secondary N) is 3. The normalized spacial score (nSPS) is 11.0. The van der Waals surface area contributed by atoms with Gasteiger partial charge in [-0.25, -0.2) is 0 Å². The minimum absolute atomic E-state index is 0.147. The van der Waals surface area contributed by atoms with Gasteiger partial charge in [-0.15, -0.1) is 0 Å². The number of hydrogen-bond acceptors (Lipinski definition) is 7. The SMILES string of the molecule is CN(C)CCCNCCC(=O)N(C)C.CN(C)CCCNCCC(=O)NCCCN(C)C. The van der Waals surface area contributed by atoms with Gasteiger partial charge in [-0.2, -0.15) is 0 Å². The van der Waals surface area contributed by atoms with Crippen LogP contribution in [0.2, 0.25) is 0 Å². The van der Waals surface area contributed by atoms with Gasteiger partial charge in [0.15, 0.2) is 0 Å². The van der Waals surface area contributed by atoms with Crippen molar-refractivity contribution in [2.75, 3.05) is 109 Å². The summed E-state index contributed by atoms with van der Waals surface area (Å²) in [7, 11) is 15.9. The van der Waals surface area contributed by atoms with Crippen molar-refractivity contribution in [1.82, 2.24) is 35.6 Å². The Kier molecular flexibility index (Phi) is 23.6. The molecule has 0 aliphatic heterocycles. The van der Waals surface area contributed by atoms with Crippen LogP contribution in [0.3, 0.4) is 0 Å². The molecular formula is C23H53N7O2. The molecule has 2 amide bonds. The number of hydrogen-bond donors (Lipinski definition) is 3. The van der Waals surface area contributed by atoms with Gasteiger partial charge in [-0.1, -0.05) is 0 Å². The second-order valence-corrected chi connectivity index (χ2v) is 9.11. The van der Waals surface area contributed by atoms with E-state index in [2.05, 4.69) is 58.8 Å². The van der Waals surface area contributed by atoms with Crippen LogP contribution in [0.1, 0.15) is 32.1 Å². The maximum Gasteiger partial charge on any atom is 0.223 e. The minimum atomic E-state index is 0.147. The molecule has 0 atom stereocenters. The largest absolute Gasteiger partial charge is 0.356 e. The first-order valence-electron chi connectivity index (χ1n) is 11.9. The molecule has 32 heavy (non-hydrogen) atoms. The Morgan fingerprint density at radius 1 is 0.562 bits per heavy atom. The zero-order valence-corrected chi connectivity index (χ0v) is 22.3. The zero-order chi connectivity index (χ0) is 24.8. The molecule has 0 rings (SSSR count). The van der Waals surface area contributed by atoms with Gasteiger partial charge in [0, 0.05) is 46.6 Å². The molecular weight excluding hydrogens is 406 g/mol. The Hall–Kier alpha value is -1.26. The lowest BCUT2D eigenvalue weighted by atomic mass is 10.3. The van der Waals surface area contributed by atoms with E-state index >= 15 is 0 Å². The van der Waals surface area contributed by atoms with E-state index in [-0.39, 0.29) is 11.8 Å². The number of carbonyl (C=O) groups excluding carboxylic acids is 2. The molecule has 3 N–H and O–H groups in total. The topological polar surface area (TPSA) is 83.2 Å². The predicted octanol–water partition coefficient (Wildman–Crippen LogP) is -0.00830. The van der Waals surface area contributed by atoms with E-state index < -0.39 is 0 Å². The lowest BCUT2D eigenvalue weighted by molar-refractivity contribution is -0.128. The molecule has 0 spiro atoms. The van der Waals surface area contributed by atoms with E-state index in [0.29, 0.717) is 12.8 Å². The summed E-state index contributed by atoms with van der Waals surface area (Å²) < 4.78 is 0. The monoisotopic (exact) mass is 459 g/mol. The standard InChI is InChI=1S/C13H30N4O.C10H23N3O/c1-16(2)11-5-8-14-10-7-13(18)15-9-6-12-17(3)4;1-12(2)9-5-7-11-8-6-10(14)13(3)4/h14H,5-12H2,1-4H3,(H,15,18);11H,5-9H2,1-4H3. The van der Waals surface area contributed by atoms with Gasteiger partial charge in [-0.05, 0) is 94.3 Å². The number of carbonyl (C=O) groups is 2. The van der Waals surface area contributed by atoms with Crippen molar-refractivity contribution in [1.29, 1.82) is 0 Å². The first-order chi connectivity index (χ1) is 15.1. The molecule has 0 bridgehead atoms. The molecule has 0 aliphatic carbocycles. The quantitative estimate of drug-likeness (QED) is 0.249. The highest BCUT2D eigenvalue weighted by molar-refractivity contribution is 5.76. The summed E-state index contributed by atoms with van der Waals surface area (Å²) in [5, 5.41) is 9.47. The molecule has 0 heterocycles. The average molecular weight is 460 g/mol. The van der Waals surface area contributed by atoms with Crippen molar-refractivity contribution in [2.24, 2.45) is 0 Å². The van der Waals surface area contributed by atoms with Crippen molar-refractivity contribution in [2.45, 2.75) is 32.1 Å². The lowest BCUT2D eigenvalue weighted by Gasteiger charge is -2.11. The number of nitrogens with zero attached hydrogens (tertiary/aromatic N) is 4. The maximum absolute atomic E-state index is 11.5. The summed E-state index contributed by atoms with van der Waals surface area (Å²) in [6, 6.07) is 0. The molecule has 0 saturated heterocycles. The van der Waals surface area contributed by atoms with E-state index in [9.17, 15) is 9.59 Å². The highest BCUT2D eigenvalue weighted by Crippen LogP contribution is 1.86. The molecule has 0 fully saturated rings. The molecule has 9 heteroatoms. The molecule has 9 nitrogen and oxygen atoms in total. The third-order valence-electron chi connectivity index (χ3n) is 4.57. The van der Waals surface area contributed by atoms with Crippen LogP contribution in [0.15, 0.2) is 0 Å². The molecule has 0 radical (unpaired) electrons. The van der Waals surface area contributed by atoms with Crippen molar-refractivity contribution in [3.63, 3.8) is 0 Å². The molecule has 0 unspecified atom stereocenters. The molecule has 0 aliphatic rings. The lowest BCUT2D eigenvalue weighted by Crippen LogP contribution is -2.30. The molecule has 0 saturated carbocycles.